The van der Waals surface area contributed by atoms with Gasteiger partial charge in [-0.2, -0.15) is 0 Å². The van der Waals surface area contributed by atoms with E-state index >= 15 is 0 Å². The predicted molar refractivity (Wildman–Crippen MR) is 97.1 cm³/mol. The number of para-hydroxylation sites is 2. The number of aromatic amines is 1. The fraction of sp³-hybridized carbons (Fsp3) is 0.444. The average molecular weight is 371 g/mol. The van der Waals surface area contributed by atoms with Crippen LogP contribution in [0.4, 0.5) is 4.79 Å². The van der Waals surface area contributed by atoms with Crippen LogP contribution in [-0.2, 0) is 9.59 Å². The van der Waals surface area contributed by atoms with E-state index < -0.39 is 12.1 Å². The van der Waals surface area contributed by atoms with Gasteiger partial charge in [0.05, 0.1) is 11.0 Å². The SMILES string of the molecule is O=C1CC[C@H](C(=O)N2CCC(n3c(=O)[nH]c4ccccc43)CC2)NC(=O)N1. The molecule has 2 fully saturated rings. The molecule has 0 aliphatic carbocycles. The molecule has 4 amide bonds. The van der Waals surface area contributed by atoms with E-state index in [1.54, 1.807) is 9.47 Å². The van der Waals surface area contributed by atoms with Crippen molar-refractivity contribution in [2.24, 2.45) is 0 Å². The van der Waals surface area contributed by atoms with Gasteiger partial charge >= 0.3 is 11.7 Å². The third-order valence-corrected chi connectivity index (χ3v) is 5.28. The van der Waals surface area contributed by atoms with E-state index in [1.807, 2.05) is 24.3 Å². The second-order valence-corrected chi connectivity index (χ2v) is 6.99. The Kier molecular flexibility index (Phi) is 4.43. The highest BCUT2D eigenvalue weighted by atomic mass is 16.2. The number of amides is 4. The van der Waals surface area contributed by atoms with Crippen LogP contribution in [0, 0.1) is 0 Å². The van der Waals surface area contributed by atoms with Crippen LogP contribution in [-0.4, -0.2) is 51.4 Å². The lowest BCUT2D eigenvalue weighted by atomic mass is 10.0. The van der Waals surface area contributed by atoms with Crippen LogP contribution in [0.15, 0.2) is 29.1 Å². The van der Waals surface area contributed by atoms with Gasteiger partial charge in [-0.05, 0) is 31.4 Å². The lowest BCUT2D eigenvalue weighted by Crippen LogP contribution is -2.51. The molecule has 2 aliphatic rings. The Bertz CT molecular complexity index is 954. The predicted octanol–water partition coefficient (Wildman–Crippen LogP) is 0.481. The first-order valence-corrected chi connectivity index (χ1v) is 9.11. The number of nitrogens with zero attached hydrogens (tertiary/aromatic N) is 2. The summed E-state index contributed by atoms with van der Waals surface area (Å²) in [5.41, 5.74) is 1.54. The van der Waals surface area contributed by atoms with E-state index in [9.17, 15) is 19.2 Å². The summed E-state index contributed by atoms with van der Waals surface area (Å²) in [6.45, 7) is 1.01. The van der Waals surface area contributed by atoms with Crippen molar-refractivity contribution in [2.45, 2.75) is 37.8 Å². The fourth-order valence-electron chi connectivity index (χ4n) is 3.92. The summed E-state index contributed by atoms with van der Waals surface area (Å²) in [6, 6.07) is 6.26. The highest BCUT2D eigenvalue weighted by Gasteiger charge is 2.32. The zero-order valence-electron chi connectivity index (χ0n) is 14.7. The molecule has 4 rings (SSSR count). The van der Waals surface area contributed by atoms with Crippen molar-refractivity contribution >= 4 is 28.9 Å². The molecule has 1 aromatic heterocycles. The normalized spacial score (nSPS) is 21.6. The van der Waals surface area contributed by atoms with Gasteiger partial charge in [-0.3, -0.25) is 19.5 Å². The maximum atomic E-state index is 12.7. The molecule has 2 saturated heterocycles. The molecule has 0 unspecified atom stereocenters. The van der Waals surface area contributed by atoms with Crippen molar-refractivity contribution in [3.8, 4) is 0 Å². The van der Waals surface area contributed by atoms with E-state index in [0.29, 0.717) is 25.9 Å². The van der Waals surface area contributed by atoms with E-state index in [2.05, 4.69) is 15.6 Å². The molecule has 3 N–H and O–H groups in total. The van der Waals surface area contributed by atoms with E-state index in [0.717, 1.165) is 11.0 Å². The molecule has 9 heteroatoms. The summed E-state index contributed by atoms with van der Waals surface area (Å²) >= 11 is 0. The molecule has 27 heavy (non-hydrogen) atoms. The standard InChI is InChI=1S/C18H21N5O4/c24-15-6-5-13(19-17(26)21-15)16(25)22-9-7-11(8-10-22)23-14-4-2-1-3-12(14)20-18(23)27/h1-4,11,13H,5-10H2,(H,20,27)(H2,19,21,24,26)/t13-/m1/s1. The van der Waals surface area contributed by atoms with Gasteiger partial charge in [-0.25, -0.2) is 9.59 Å². The monoisotopic (exact) mass is 371 g/mol. The lowest BCUT2D eigenvalue weighted by Gasteiger charge is -2.34. The zero-order valence-corrected chi connectivity index (χ0v) is 14.7. The Morgan fingerprint density at radius 1 is 1.04 bits per heavy atom. The molecule has 1 aromatic carbocycles. The van der Waals surface area contributed by atoms with E-state index in [1.165, 1.54) is 0 Å². The first-order chi connectivity index (χ1) is 13.0. The number of rotatable bonds is 2. The molecule has 9 nitrogen and oxygen atoms in total. The molecular weight excluding hydrogens is 350 g/mol. The average Bonchev–Trinajstić information content (AvgIpc) is 2.89. The summed E-state index contributed by atoms with van der Waals surface area (Å²) in [4.78, 5) is 52.7. The minimum absolute atomic E-state index is 0.0182. The molecule has 0 saturated carbocycles. The number of carbonyl (C=O) groups is 3. The van der Waals surface area contributed by atoms with E-state index in [4.69, 9.17) is 0 Å². The number of carbonyl (C=O) groups excluding carboxylic acids is 3. The second-order valence-electron chi connectivity index (χ2n) is 6.99. The molecule has 142 valence electrons. The van der Waals surface area contributed by atoms with E-state index in [-0.39, 0.29) is 36.4 Å². The number of fused-ring (bicyclic) bond motifs is 1. The minimum atomic E-state index is -0.691. The summed E-state index contributed by atoms with van der Waals surface area (Å²) < 4.78 is 1.77. The summed E-state index contributed by atoms with van der Waals surface area (Å²) in [7, 11) is 0. The van der Waals surface area contributed by atoms with Crippen LogP contribution in [0.1, 0.15) is 31.7 Å². The van der Waals surface area contributed by atoms with Crippen LogP contribution in [0.2, 0.25) is 0 Å². The first kappa shape index (κ1) is 17.3. The van der Waals surface area contributed by atoms with Gasteiger partial charge in [0.1, 0.15) is 6.04 Å². The number of aromatic nitrogens is 2. The molecular formula is C18H21N5O4. The molecule has 3 heterocycles. The molecule has 0 radical (unpaired) electrons. The van der Waals surface area contributed by atoms with Crippen molar-refractivity contribution in [3.63, 3.8) is 0 Å². The highest BCUT2D eigenvalue weighted by Crippen LogP contribution is 2.25. The topological polar surface area (TPSA) is 116 Å². The molecule has 2 aromatic rings. The number of hydrogen-bond acceptors (Lipinski definition) is 4. The van der Waals surface area contributed by atoms with Gasteiger partial charge in [0.25, 0.3) is 0 Å². The molecule has 2 aliphatic heterocycles. The highest BCUT2D eigenvalue weighted by molar-refractivity contribution is 5.98. The van der Waals surface area contributed by atoms with Crippen molar-refractivity contribution in [1.82, 2.24) is 25.1 Å². The van der Waals surface area contributed by atoms with Crippen LogP contribution in [0.25, 0.3) is 11.0 Å². The zero-order chi connectivity index (χ0) is 19.0. The number of hydrogen-bond donors (Lipinski definition) is 3. The third kappa shape index (κ3) is 3.32. The van der Waals surface area contributed by atoms with Gasteiger partial charge in [0, 0.05) is 25.6 Å². The summed E-state index contributed by atoms with van der Waals surface area (Å²) in [5.74, 6) is -0.551. The number of H-pyrrole nitrogens is 1. The van der Waals surface area contributed by atoms with Crippen molar-refractivity contribution < 1.29 is 14.4 Å². The number of benzene rings is 1. The van der Waals surface area contributed by atoms with Crippen LogP contribution < -0.4 is 16.3 Å². The number of likely N-dealkylation sites (tertiary alicyclic amines) is 1. The molecule has 0 spiro atoms. The van der Waals surface area contributed by atoms with Crippen LogP contribution in [0.3, 0.4) is 0 Å². The summed E-state index contributed by atoms with van der Waals surface area (Å²) in [5, 5.41) is 4.73. The number of piperidine rings is 1. The van der Waals surface area contributed by atoms with Gasteiger partial charge in [-0.15, -0.1) is 0 Å². The van der Waals surface area contributed by atoms with Gasteiger partial charge < -0.3 is 15.2 Å². The van der Waals surface area contributed by atoms with Gasteiger partial charge in [-0.1, -0.05) is 12.1 Å². The Hall–Kier alpha value is -3.10. The minimum Gasteiger partial charge on any atom is -0.341 e. The second kappa shape index (κ2) is 6.90. The number of urea groups is 1. The van der Waals surface area contributed by atoms with Crippen LogP contribution >= 0.6 is 0 Å². The number of nitrogens with one attached hydrogen (secondary N) is 3. The third-order valence-electron chi connectivity index (χ3n) is 5.28. The van der Waals surface area contributed by atoms with Gasteiger partial charge in [0.15, 0.2) is 0 Å². The Morgan fingerprint density at radius 3 is 2.56 bits per heavy atom. The quantitative estimate of drug-likeness (QED) is 0.712. The molecule has 1 atom stereocenters. The fourth-order valence-corrected chi connectivity index (χ4v) is 3.92. The van der Waals surface area contributed by atoms with Crippen molar-refractivity contribution in [3.05, 3.63) is 34.7 Å². The first-order valence-electron chi connectivity index (χ1n) is 9.11. The largest absolute Gasteiger partial charge is 0.341 e. The summed E-state index contributed by atoms with van der Waals surface area (Å²) in [6.07, 6.45) is 1.74. The van der Waals surface area contributed by atoms with Crippen molar-refractivity contribution in [1.29, 1.82) is 0 Å². The maximum absolute atomic E-state index is 12.7. The Balaban J connectivity index is 1.45. The molecule has 0 bridgehead atoms. The maximum Gasteiger partial charge on any atom is 0.326 e. The lowest BCUT2D eigenvalue weighted by molar-refractivity contribution is -0.134. The van der Waals surface area contributed by atoms with Gasteiger partial charge in [0.2, 0.25) is 11.8 Å². The smallest absolute Gasteiger partial charge is 0.326 e. The van der Waals surface area contributed by atoms with Crippen LogP contribution in [0.5, 0.6) is 0 Å². The number of imide groups is 1. The number of imidazole rings is 1. The van der Waals surface area contributed by atoms with Crippen molar-refractivity contribution in [2.75, 3.05) is 13.1 Å². The Morgan fingerprint density at radius 2 is 1.78 bits per heavy atom. The Labute approximate surface area is 154 Å².